The van der Waals surface area contributed by atoms with Crippen LogP contribution in [0.25, 0.3) is 10.6 Å². The quantitative estimate of drug-likeness (QED) is 0.777. The zero-order chi connectivity index (χ0) is 17.6. The van der Waals surface area contributed by atoms with E-state index in [9.17, 15) is 9.59 Å². The molecule has 7 heteroatoms. The van der Waals surface area contributed by atoms with Gasteiger partial charge in [-0.15, -0.1) is 11.3 Å². The Morgan fingerprint density at radius 3 is 3.00 bits per heavy atom. The lowest BCUT2D eigenvalue weighted by Crippen LogP contribution is -2.35. The van der Waals surface area contributed by atoms with E-state index in [1.807, 2.05) is 17.5 Å². The smallest absolute Gasteiger partial charge is 0.290 e. The Bertz CT molecular complexity index is 824. The molecule has 1 aliphatic carbocycles. The van der Waals surface area contributed by atoms with E-state index in [1.165, 1.54) is 29.8 Å². The first-order valence-corrected chi connectivity index (χ1v) is 9.37. The van der Waals surface area contributed by atoms with Crippen LogP contribution in [0.4, 0.5) is 5.69 Å². The van der Waals surface area contributed by atoms with E-state index in [1.54, 1.807) is 6.07 Å². The molecule has 0 spiro atoms. The molecule has 0 aliphatic heterocycles. The first kappa shape index (κ1) is 17.4. The Morgan fingerprint density at radius 1 is 1.40 bits per heavy atom. The van der Waals surface area contributed by atoms with E-state index >= 15 is 0 Å². The average molecular weight is 358 g/mol. The number of anilines is 1. The lowest BCUT2D eigenvalue weighted by atomic mass is 9.97. The Kier molecular flexibility index (Phi) is 5.65. The van der Waals surface area contributed by atoms with Crippen molar-refractivity contribution in [2.45, 2.75) is 38.6 Å². The predicted molar refractivity (Wildman–Crippen MR) is 100 cm³/mol. The molecule has 132 valence electrons. The summed E-state index contributed by atoms with van der Waals surface area (Å²) < 4.78 is 1.14. The van der Waals surface area contributed by atoms with Gasteiger partial charge in [0.05, 0.1) is 4.88 Å². The summed E-state index contributed by atoms with van der Waals surface area (Å²) >= 11 is 1.51. The van der Waals surface area contributed by atoms with E-state index in [4.69, 9.17) is 5.73 Å². The highest BCUT2D eigenvalue weighted by Crippen LogP contribution is 2.22. The van der Waals surface area contributed by atoms with Gasteiger partial charge >= 0.3 is 0 Å². The molecule has 0 unspecified atom stereocenters. The van der Waals surface area contributed by atoms with Gasteiger partial charge in [0, 0.05) is 6.54 Å². The number of carbonyl (C=O) groups excluding carboxylic acids is 1. The molecule has 3 N–H and O–H groups in total. The molecule has 1 amide bonds. The van der Waals surface area contributed by atoms with Crippen LogP contribution >= 0.6 is 11.3 Å². The number of aromatic nitrogens is 2. The second kappa shape index (κ2) is 8.11. The zero-order valence-corrected chi connectivity index (χ0v) is 14.8. The summed E-state index contributed by atoms with van der Waals surface area (Å²) in [6, 6.07) is 5.36. The fraction of sp³-hybridized carbons (Fsp3) is 0.389. The van der Waals surface area contributed by atoms with Gasteiger partial charge in [0.1, 0.15) is 17.9 Å². The number of nitrogens with zero attached hydrogens (tertiary/aromatic N) is 2. The number of nitrogens with one attached hydrogen (secondary N) is 1. The third kappa shape index (κ3) is 4.57. The summed E-state index contributed by atoms with van der Waals surface area (Å²) in [5.74, 6) is -0.228. The molecular formula is C18H22N4O2S. The third-order valence-corrected chi connectivity index (χ3v) is 5.11. The summed E-state index contributed by atoms with van der Waals surface area (Å²) in [5.41, 5.74) is 7.46. The molecule has 2 aromatic heterocycles. The number of hydrogen-bond donors (Lipinski definition) is 2. The molecule has 25 heavy (non-hydrogen) atoms. The SMILES string of the molecule is Nc1cc(-c2cccs2)nn(CC(=O)NCCC2=CCCCC2)c1=O. The molecule has 0 saturated carbocycles. The van der Waals surface area contributed by atoms with Crippen LogP contribution in [0, 0.1) is 0 Å². The molecule has 0 bridgehead atoms. The number of nitrogens with two attached hydrogens (primary N) is 1. The Labute approximate surface area is 150 Å². The van der Waals surface area contributed by atoms with Crippen LogP contribution in [0.5, 0.6) is 0 Å². The molecule has 0 atom stereocenters. The summed E-state index contributed by atoms with van der Waals surface area (Å²) in [7, 11) is 0. The standard InChI is InChI=1S/C18H22N4O2S/c19-14-11-15(16-7-4-10-25-16)21-22(18(14)24)12-17(23)20-9-8-13-5-2-1-3-6-13/h4-5,7,10-11H,1-3,6,8-9,12,19H2,(H,20,23). The maximum atomic E-state index is 12.1. The topological polar surface area (TPSA) is 90.0 Å². The zero-order valence-electron chi connectivity index (χ0n) is 14.0. The summed E-state index contributed by atoms with van der Waals surface area (Å²) in [4.78, 5) is 25.2. The van der Waals surface area contributed by atoms with Crippen LogP contribution in [-0.4, -0.2) is 22.2 Å². The minimum absolute atomic E-state index is 0.0959. The molecule has 0 radical (unpaired) electrons. The summed E-state index contributed by atoms with van der Waals surface area (Å²) in [6.07, 6.45) is 7.88. The second-order valence-electron chi connectivity index (χ2n) is 6.13. The van der Waals surface area contributed by atoms with Gasteiger partial charge in [-0.2, -0.15) is 5.10 Å². The highest BCUT2D eigenvalue weighted by Gasteiger charge is 2.12. The fourth-order valence-corrected chi connectivity index (χ4v) is 3.58. The van der Waals surface area contributed by atoms with Crippen molar-refractivity contribution in [1.82, 2.24) is 15.1 Å². The number of rotatable bonds is 6. The molecule has 2 heterocycles. The van der Waals surface area contributed by atoms with Crippen molar-refractivity contribution >= 4 is 22.9 Å². The van der Waals surface area contributed by atoms with Gasteiger partial charge in [0.25, 0.3) is 5.56 Å². The monoisotopic (exact) mass is 358 g/mol. The first-order valence-electron chi connectivity index (χ1n) is 8.49. The van der Waals surface area contributed by atoms with Crippen LogP contribution in [0.2, 0.25) is 0 Å². The van der Waals surface area contributed by atoms with Crippen LogP contribution in [0.15, 0.2) is 40.0 Å². The van der Waals surface area contributed by atoms with Crippen molar-refractivity contribution in [3.63, 3.8) is 0 Å². The minimum atomic E-state index is -0.439. The Balaban J connectivity index is 1.62. The van der Waals surface area contributed by atoms with Crippen LogP contribution in [0.1, 0.15) is 32.1 Å². The van der Waals surface area contributed by atoms with Crippen molar-refractivity contribution in [2.75, 3.05) is 12.3 Å². The van der Waals surface area contributed by atoms with Crippen molar-refractivity contribution in [3.05, 3.63) is 45.6 Å². The molecule has 1 aliphatic rings. The molecule has 6 nitrogen and oxygen atoms in total. The number of nitrogen functional groups attached to an aromatic ring is 1. The van der Waals surface area contributed by atoms with Crippen molar-refractivity contribution in [1.29, 1.82) is 0 Å². The fourth-order valence-electron chi connectivity index (χ4n) is 2.90. The summed E-state index contributed by atoms with van der Waals surface area (Å²) in [5, 5.41) is 9.06. The van der Waals surface area contributed by atoms with Gasteiger partial charge in [-0.05, 0) is 49.6 Å². The molecule has 2 aromatic rings. The average Bonchev–Trinajstić information content (AvgIpc) is 3.14. The number of amides is 1. The van der Waals surface area contributed by atoms with Gasteiger partial charge in [0.15, 0.2) is 0 Å². The number of carbonyl (C=O) groups is 1. The first-order chi connectivity index (χ1) is 12.1. The van der Waals surface area contributed by atoms with Gasteiger partial charge < -0.3 is 11.1 Å². The van der Waals surface area contributed by atoms with E-state index in [2.05, 4.69) is 16.5 Å². The van der Waals surface area contributed by atoms with E-state index < -0.39 is 5.56 Å². The van der Waals surface area contributed by atoms with Crippen LogP contribution < -0.4 is 16.6 Å². The summed E-state index contributed by atoms with van der Waals surface area (Å²) in [6.45, 7) is 0.459. The normalized spacial score (nSPS) is 14.2. The molecule has 0 saturated heterocycles. The minimum Gasteiger partial charge on any atom is -0.394 e. The van der Waals surface area contributed by atoms with E-state index in [0.29, 0.717) is 12.2 Å². The van der Waals surface area contributed by atoms with Gasteiger partial charge in [-0.3, -0.25) is 9.59 Å². The Morgan fingerprint density at radius 2 is 2.28 bits per heavy atom. The number of allylic oxidation sites excluding steroid dienone is 1. The largest absolute Gasteiger partial charge is 0.394 e. The van der Waals surface area contributed by atoms with Crippen molar-refractivity contribution < 1.29 is 4.79 Å². The third-order valence-electron chi connectivity index (χ3n) is 4.22. The second-order valence-corrected chi connectivity index (χ2v) is 7.08. The number of hydrogen-bond acceptors (Lipinski definition) is 5. The van der Waals surface area contributed by atoms with Crippen molar-refractivity contribution in [3.8, 4) is 10.6 Å². The van der Waals surface area contributed by atoms with Gasteiger partial charge in [-0.25, -0.2) is 4.68 Å². The van der Waals surface area contributed by atoms with Crippen LogP contribution in [0.3, 0.4) is 0 Å². The molecule has 3 rings (SSSR count). The van der Waals surface area contributed by atoms with Crippen LogP contribution in [-0.2, 0) is 11.3 Å². The lowest BCUT2D eigenvalue weighted by Gasteiger charge is -2.13. The number of thiophene rings is 1. The highest BCUT2D eigenvalue weighted by molar-refractivity contribution is 7.13. The lowest BCUT2D eigenvalue weighted by molar-refractivity contribution is -0.121. The van der Waals surface area contributed by atoms with Gasteiger partial charge in [-0.1, -0.05) is 17.7 Å². The van der Waals surface area contributed by atoms with Crippen molar-refractivity contribution in [2.24, 2.45) is 0 Å². The Hall–Kier alpha value is -2.41. The van der Waals surface area contributed by atoms with E-state index in [0.717, 1.165) is 28.8 Å². The molecular weight excluding hydrogens is 336 g/mol. The highest BCUT2D eigenvalue weighted by atomic mass is 32.1. The van der Waals surface area contributed by atoms with E-state index in [-0.39, 0.29) is 18.1 Å². The predicted octanol–water partition coefficient (Wildman–Crippen LogP) is 2.56. The molecule has 0 fully saturated rings. The van der Waals surface area contributed by atoms with Gasteiger partial charge in [0.2, 0.25) is 5.91 Å². The maximum absolute atomic E-state index is 12.1. The maximum Gasteiger partial charge on any atom is 0.290 e. The molecule has 0 aromatic carbocycles.